The third-order valence-electron chi connectivity index (χ3n) is 2.64. The summed E-state index contributed by atoms with van der Waals surface area (Å²) in [5, 5.41) is 10.6. The molecule has 1 rings (SSSR count). The highest BCUT2D eigenvalue weighted by Gasteiger charge is 2.14. The van der Waals surface area contributed by atoms with Crippen molar-refractivity contribution in [2.75, 3.05) is 14.2 Å². The van der Waals surface area contributed by atoms with Crippen molar-refractivity contribution in [2.45, 2.75) is 25.4 Å². The van der Waals surface area contributed by atoms with Gasteiger partial charge in [-0.3, -0.25) is 4.79 Å². The average Bonchev–Trinajstić information content (AvgIpc) is 2.38. The molecule has 0 heterocycles. The number of rotatable bonds is 6. The van der Waals surface area contributed by atoms with E-state index < -0.39 is 6.10 Å². The predicted octanol–water partition coefficient (Wildman–Crippen LogP) is 2.73. The van der Waals surface area contributed by atoms with Gasteiger partial charge in [-0.15, -0.1) is 0 Å². The molecule has 0 aliphatic rings. The van der Waals surface area contributed by atoms with Gasteiger partial charge in [-0.05, 0) is 31.0 Å². The summed E-state index contributed by atoms with van der Waals surface area (Å²) < 4.78 is 9.70. The first kappa shape index (κ1) is 14.8. The molecule has 0 radical (unpaired) electrons. The Morgan fingerprint density at radius 1 is 1.44 bits per heavy atom. The maximum absolute atomic E-state index is 11.0. The van der Waals surface area contributed by atoms with Crippen molar-refractivity contribution in [3.8, 4) is 5.75 Å². The average molecular weight is 273 g/mol. The van der Waals surface area contributed by atoms with Crippen LogP contribution in [0.25, 0.3) is 0 Å². The molecule has 0 bridgehead atoms. The first-order valence-corrected chi connectivity index (χ1v) is 6.04. The van der Waals surface area contributed by atoms with E-state index in [2.05, 4.69) is 4.74 Å². The normalized spacial score (nSPS) is 12.0. The van der Waals surface area contributed by atoms with Gasteiger partial charge >= 0.3 is 5.97 Å². The van der Waals surface area contributed by atoms with E-state index in [0.29, 0.717) is 29.2 Å². The summed E-state index contributed by atoms with van der Waals surface area (Å²) in [7, 11) is 2.88. The lowest BCUT2D eigenvalue weighted by molar-refractivity contribution is -0.140. The fourth-order valence-corrected chi connectivity index (χ4v) is 1.84. The molecule has 1 N–H and O–H groups in total. The second-order valence-electron chi connectivity index (χ2n) is 3.87. The summed E-state index contributed by atoms with van der Waals surface area (Å²) in [5.74, 6) is 0.310. The first-order chi connectivity index (χ1) is 8.58. The molecule has 0 spiro atoms. The molecule has 100 valence electrons. The van der Waals surface area contributed by atoms with Gasteiger partial charge in [-0.25, -0.2) is 0 Å². The molecule has 18 heavy (non-hydrogen) atoms. The van der Waals surface area contributed by atoms with Crippen molar-refractivity contribution in [2.24, 2.45) is 0 Å². The van der Waals surface area contributed by atoms with Crippen LogP contribution in [0.2, 0.25) is 5.02 Å². The molecule has 4 nitrogen and oxygen atoms in total. The van der Waals surface area contributed by atoms with Crippen LogP contribution >= 0.6 is 11.6 Å². The first-order valence-electron chi connectivity index (χ1n) is 5.66. The Hall–Kier alpha value is -1.26. The van der Waals surface area contributed by atoms with Crippen LogP contribution in [0, 0.1) is 0 Å². The van der Waals surface area contributed by atoms with E-state index in [1.807, 2.05) is 0 Å². The largest absolute Gasteiger partial charge is 0.496 e. The third-order valence-corrected chi connectivity index (χ3v) is 2.87. The number of aliphatic hydroxyl groups excluding tert-OH is 1. The minimum atomic E-state index is -0.705. The molecule has 0 aliphatic carbocycles. The number of esters is 1. The molecule has 0 aromatic heterocycles. The quantitative estimate of drug-likeness (QED) is 0.809. The second-order valence-corrected chi connectivity index (χ2v) is 4.31. The molecule has 0 saturated heterocycles. The summed E-state index contributed by atoms with van der Waals surface area (Å²) in [6.45, 7) is 0. The number of hydrogen-bond acceptors (Lipinski definition) is 4. The lowest BCUT2D eigenvalue weighted by Gasteiger charge is -2.14. The number of carbonyl (C=O) groups excluding carboxylic acids is 1. The smallest absolute Gasteiger partial charge is 0.305 e. The number of methoxy groups -OCH3 is 2. The fraction of sp³-hybridized carbons (Fsp3) is 0.462. The summed E-state index contributed by atoms with van der Waals surface area (Å²) in [5.41, 5.74) is 0.634. The highest BCUT2D eigenvalue weighted by molar-refractivity contribution is 6.30. The maximum atomic E-state index is 11.0. The number of hydrogen-bond donors (Lipinski definition) is 1. The summed E-state index contributed by atoms with van der Waals surface area (Å²) in [6, 6.07) is 5.08. The Kier molecular flexibility index (Phi) is 5.95. The molecule has 1 aromatic carbocycles. The zero-order chi connectivity index (χ0) is 13.5. The van der Waals surface area contributed by atoms with Crippen molar-refractivity contribution < 1.29 is 19.4 Å². The Bertz CT molecular complexity index is 406. The number of halogens is 1. The van der Waals surface area contributed by atoms with Crippen LogP contribution in [-0.2, 0) is 9.53 Å². The van der Waals surface area contributed by atoms with Crippen molar-refractivity contribution in [3.05, 3.63) is 28.8 Å². The minimum Gasteiger partial charge on any atom is -0.496 e. The Balaban J connectivity index is 2.62. The Morgan fingerprint density at radius 2 is 2.17 bits per heavy atom. The van der Waals surface area contributed by atoms with Crippen LogP contribution in [-0.4, -0.2) is 25.3 Å². The van der Waals surface area contributed by atoms with E-state index in [0.717, 1.165) is 0 Å². The summed E-state index contributed by atoms with van der Waals surface area (Å²) in [4.78, 5) is 11.0. The molecule has 1 unspecified atom stereocenters. The predicted molar refractivity (Wildman–Crippen MR) is 68.8 cm³/mol. The molecule has 1 aromatic rings. The molecular formula is C13H17ClO4. The van der Waals surface area contributed by atoms with Gasteiger partial charge in [0.25, 0.3) is 0 Å². The molecule has 0 amide bonds. The standard InChI is InChI=1S/C13H17ClO4/c1-17-12-7-6-9(14)8-10(12)11(15)4-3-5-13(16)18-2/h6-8,11,15H,3-5H2,1-2H3. The molecule has 0 aliphatic heterocycles. The summed E-state index contributed by atoms with van der Waals surface area (Å²) >= 11 is 5.88. The topological polar surface area (TPSA) is 55.8 Å². The fourth-order valence-electron chi connectivity index (χ4n) is 1.66. The van der Waals surface area contributed by atoms with Gasteiger partial charge in [0, 0.05) is 17.0 Å². The van der Waals surface area contributed by atoms with Crippen LogP contribution in [0.15, 0.2) is 18.2 Å². The summed E-state index contributed by atoms with van der Waals surface area (Å²) in [6.07, 6.45) is 0.578. The van der Waals surface area contributed by atoms with E-state index >= 15 is 0 Å². The van der Waals surface area contributed by atoms with Crippen molar-refractivity contribution >= 4 is 17.6 Å². The Morgan fingerprint density at radius 3 is 2.78 bits per heavy atom. The lowest BCUT2D eigenvalue weighted by atomic mass is 10.0. The second kappa shape index (κ2) is 7.24. The van der Waals surface area contributed by atoms with Gasteiger partial charge in [0.05, 0.1) is 20.3 Å². The van der Waals surface area contributed by atoms with Gasteiger partial charge in [-0.1, -0.05) is 11.6 Å². The van der Waals surface area contributed by atoms with Crippen LogP contribution < -0.4 is 4.74 Å². The highest BCUT2D eigenvalue weighted by atomic mass is 35.5. The van der Waals surface area contributed by atoms with Gasteiger partial charge in [-0.2, -0.15) is 0 Å². The SMILES string of the molecule is COC(=O)CCCC(O)c1cc(Cl)ccc1OC. The number of ether oxygens (including phenoxy) is 2. The molecule has 5 heteroatoms. The molecule has 0 fully saturated rings. The van der Waals surface area contributed by atoms with E-state index in [1.54, 1.807) is 18.2 Å². The number of carbonyl (C=O) groups is 1. The van der Waals surface area contributed by atoms with E-state index in [9.17, 15) is 9.90 Å². The van der Waals surface area contributed by atoms with E-state index in [1.165, 1.54) is 14.2 Å². The van der Waals surface area contributed by atoms with Crippen molar-refractivity contribution in [1.29, 1.82) is 0 Å². The maximum Gasteiger partial charge on any atom is 0.305 e. The minimum absolute atomic E-state index is 0.278. The van der Waals surface area contributed by atoms with Crippen molar-refractivity contribution in [1.82, 2.24) is 0 Å². The Labute approximate surface area is 111 Å². The van der Waals surface area contributed by atoms with Crippen molar-refractivity contribution in [3.63, 3.8) is 0 Å². The van der Waals surface area contributed by atoms with Crippen LogP contribution in [0.5, 0.6) is 5.75 Å². The number of benzene rings is 1. The van der Waals surface area contributed by atoms with Gasteiger partial charge < -0.3 is 14.6 Å². The van der Waals surface area contributed by atoms with E-state index in [-0.39, 0.29) is 12.4 Å². The zero-order valence-electron chi connectivity index (χ0n) is 10.5. The van der Waals surface area contributed by atoms with Crippen LogP contribution in [0.4, 0.5) is 0 Å². The molecule has 1 atom stereocenters. The van der Waals surface area contributed by atoms with Gasteiger partial charge in [0.2, 0.25) is 0 Å². The highest BCUT2D eigenvalue weighted by Crippen LogP contribution is 2.30. The molecule has 0 saturated carbocycles. The van der Waals surface area contributed by atoms with Crippen LogP contribution in [0.1, 0.15) is 30.9 Å². The monoisotopic (exact) mass is 272 g/mol. The van der Waals surface area contributed by atoms with E-state index in [4.69, 9.17) is 16.3 Å². The lowest BCUT2D eigenvalue weighted by Crippen LogP contribution is -2.04. The van der Waals surface area contributed by atoms with Gasteiger partial charge in [0.15, 0.2) is 0 Å². The third kappa shape index (κ3) is 4.20. The van der Waals surface area contributed by atoms with Crippen LogP contribution in [0.3, 0.4) is 0 Å². The van der Waals surface area contributed by atoms with Gasteiger partial charge in [0.1, 0.15) is 5.75 Å². The zero-order valence-corrected chi connectivity index (χ0v) is 11.2. The number of aliphatic hydroxyl groups is 1. The molecular weight excluding hydrogens is 256 g/mol.